The van der Waals surface area contributed by atoms with Gasteiger partial charge in [-0.05, 0) is 43.0 Å². The SMILES string of the molecule is Cc1cc(C)c(CNc2nncs2)cc1C. The molecule has 0 aliphatic rings. The Kier molecular flexibility index (Phi) is 3.19. The monoisotopic (exact) mass is 233 g/mol. The van der Waals surface area contributed by atoms with Gasteiger partial charge in [0.25, 0.3) is 0 Å². The van der Waals surface area contributed by atoms with Crippen molar-refractivity contribution in [3.8, 4) is 0 Å². The maximum absolute atomic E-state index is 3.96. The molecular weight excluding hydrogens is 218 g/mol. The zero-order valence-electron chi connectivity index (χ0n) is 9.74. The van der Waals surface area contributed by atoms with Crippen LogP contribution < -0.4 is 5.32 Å². The normalized spacial score (nSPS) is 10.4. The minimum Gasteiger partial charge on any atom is -0.356 e. The van der Waals surface area contributed by atoms with E-state index in [1.54, 1.807) is 5.51 Å². The number of benzene rings is 1. The van der Waals surface area contributed by atoms with E-state index in [2.05, 4.69) is 48.4 Å². The van der Waals surface area contributed by atoms with Gasteiger partial charge < -0.3 is 5.32 Å². The minimum absolute atomic E-state index is 0.808. The van der Waals surface area contributed by atoms with Gasteiger partial charge >= 0.3 is 0 Å². The summed E-state index contributed by atoms with van der Waals surface area (Å²) in [6.07, 6.45) is 0. The van der Waals surface area contributed by atoms with Gasteiger partial charge in [0.15, 0.2) is 0 Å². The van der Waals surface area contributed by atoms with Crippen LogP contribution in [0, 0.1) is 20.8 Å². The van der Waals surface area contributed by atoms with Gasteiger partial charge in [-0.15, -0.1) is 10.2 Å². The van der Waals surface area contributed by atoms with E-state index >= 15 is 0 Å². The zero-order valence-corrected chi connectivity index (χ0v) is 10.6. The highest BCUT2D eigenvalue weighted by Crippen LogP contribution is 2.17. The first-order valence-corrected chi connectivity index (χ1v) is 6.11. The van der Waals surface area contributed by atoms with Gasteiger partial charge in [0.1, 0.15) is 5.51 Å². The Morgan fingerprint density at radius 1 is 1.12 bits per heavy atom. The van der Waals surface area contributed by atoms with Gasteiger partial charge in [-0.25, -0.2) is 0 Å². The fourth-order valence-electron chi connectivity index (χ4n) is 1.63. The Hall–Kier alpha value is -1.42. The van der Waals surface area contributed by atoms with E-state index in [0.29, 0.717) is 0 Å². The third-order valence-electron chi connectivity index (χ3n) is 2.74. The molecular formula is C12H15N3S. The van der Waals surface area contributed by atoms with E-state index in [1.807, 2.05) is 0 Å². The number of nitrogens with zero attached hydrogens (tertiary/aromatic N) is 2. The van der Waals surface area contributed by atoms with E-state index in [-0.39, 0.29) is 0 Å². The van der Waals surface area contributed by atoms with Crippen molar-refractivity contribution in [1.82, 2.24) is 10.2 Å². The molecule has 0 saturated heterocycles. The highest BCUT2D eigenvalue weighted by atomic mass is 32.1. The lowest BCUT2D eigenvalue weighted by atomic mass is 10.0. The van der Waals surface area contributed by atoms with Crippen molar-refractivity contribution in [3.63, 3.8) is 0 Å². The smallest absolute Gasteiger partial charge is 0.205 e. The Bertz CT molecular complexity index is 477. The number of nitrogens with one attached hydrogen (secondary N) is 1. The van der Waals surface area contributed by atoms with Gasteiger partial charge in [0.2, 0.25) is 5.13 Å². The van der Waals surface area contributed by atoms with Crippen molar-refractivity contribution in [2.75, 3.05) is 5.32 Å². The molecule has 0 aliphatic carbocycles. The summed E-state index contributed by atoms with van der Waals surface area (Å²) in [6, 6.07) is 4.46. The topological polar surface area (TPSA) is 37.8 Å². The summed E-state index contributed by atoms with van der Waals surface area (Å²) < 4.78 is 0. The van der Waals surface area contributed by atoms with Crippen molar-refractivity contribution in [1.29, 1.82) is 0 Å². The molecule has 0 aliphatic heterocycles. The van der Waals surface area contributed by atoms with Gasteiger partial charge in [-0.1, -0.05) is 23.5 Å². The molecule has 0 unspecified atom stereocenters. The van der Waals surface area contributed by atoms with Crippen molar-refractivity contribution in [2.24, 2.45) is 0 Å². The summed E-state index contributed by atoms with van der Waals surface area (Å²) in [7, 11) is 0. The van der Waals surface area contributed by atoms with Crippen LogP contribution in [0.1, 0.15) is 22.3 Å². The Labute approximate surface area is 99.5 Å². The maximum atomic E-state index is 3.96. The summed E-state index contributed by atoms with van der Waals surface area (Å²) in [5.41, 5.74) is 7.05. The third-order valence-corrected chi connectivity index (χ3v) is 3.39. The van der Waals surface area contributed by atoms with Gasteiger partial charge in [-0.2, -0.15) is 0 Å². The van der Waals surface area contributed by atoms with Crippen LogP contribution in [0.15, 0.2) is 17.6 Å². The molecule has 1 aromatic heterocycles. The van der Waals surface area contributed by atoms with Gasteiger partial charge in [0.05, 0.1) is 0 Å². The van der Waals surface area contributed by atoms with Gasteiger partial charge in [-0.3, -0.25) is 0 Å². The third kappa shape index (κ3) is 2.39. The average molecular weight is 233 g/mol. The summed E-state index contributed by atoms with van der Waals surface area (Å²) in [5, 5.41) is 11.9. The molecule has 0 bridgehead atoms. The van der Waals surface area contributed by atoms with Crippen LogP contribution >= 0.6 is 11.3 Å². The zero-order chi connectivity index (χ0) is 11.5. The van der Waals surface area contributed by atoms with Crippen LogP contribution in [0.25, 0.3) is 0 Å². The fraction of sp³-hybridized carbons (Fsp3) is 0.333. The molecule has 0 saturated carbocycles. The second kappa shape index (κ2) is 4.61. The number of hydrogen-bond acceptors (Lipinski definition) is 4. The lowest BCUT2D eigenvalue weighted by Gasteiger charge is -2.10. The van der Waals surface area contributed by atoms with E-state index in [9.17, 15) is 0 Å². The van der Waals surface area contributed by atoms with Crippen molar-refractivity contribution >= 4 is 16.5 Å². The molecule has 0 fully saturated rings. The molecule has 2 rings (SSSR count). The van der Waals surface area contributed by atoms with Crippen LogP contribution in [0.5, 0.6) is 0 Å². The Morgan fingerprint density at radius 2 is 1.88 bits per heavy atom. The number of hydrogen-bond donors (Lipinski definition) is 1. The molecule has 1 heterocycles. The van der Waals surface area contributed by atoms with E-state index in [1.165, 1.54) is 33.6 Å². The van der Waals surface area contributed by atoms with Crippen LogP contribution in [0.4, 0.5) is 5.13 Å². The predicted molar refractivity (Wildman–Crippen MR) is 67.9 cm³/mol. The number of aryl methyl sites for hydroxylation is 3. The molecule has 84 valence electrons. The molecule has 16 heavy (non-hydrogen) atoms. The first kappa shape index (κ1) is 11.1. The number of anilines is 1. The molecule has 1 aromatic carbocycles. The van der Waals surface area contributed by atoms with Crippen LogP contribution in [0.2, 0.25) is 0 Å². The first-order chi connectivity index (χ1) is 7.66. The summed E-state index contributed by atoms with van der Waals surface area (Å²) >= 11 is 1.52. The molecule has 0 atom stereocenters. The fourth-order valence-corrected chi connectivity index (χ4v) is 2.08. The second-order valence-corrected chi connectivity index (χ2v) is 4.79. The summed E-state index contributed by atoms with van der Waals surface area (Å²) in [5.74, 6) is 0. The maximum Gasteiger partial charge on any atom is 0.205 e. The highest BCUT2D eigenvalue weighted by Gasteiger charge is 2.02. The van der Waals surface area contributed by atoms with Crippen LogP contribution in [-0.4, -0.2) is 10.2 Å². The lowest BCUT2D eigenvalue weighted by molar-refractivity contribution is 1.04. The molecule has 0 amide bonds. The summed E-state index contributed by atoms with van der Waals surface area (Å²) in [6.45, 7) is 7.24. The number of rotatable bonds is 3. The van der Waals surface area contributed by atoms with Gasteiger partial charge in [0, 0.05) is 6.54 Å². The van der Waals surface area contributed by atoms with E-state index < -0.39 is 0 Å². The average Bonchev–Trinajstić information content (AvgIpc) is 2.74. The van der Waals surface area contributed by atoms with E-state index in [0.717, 1.165) is 11.7 Å². The second-order valence-electron chi connectivity index (χ2n) is 3.96. The quantitative estimate of drug-likeness (QED) is 0.885. The van der Waals surface area contributed by atoms with Crippen molar-refractivity contribution in [2.45, 2.75) is 27.3 Å². The predicted octanol–water partition coefficient (Wildman–Crippen LogP) is 3.08. The first-order valence-electron chi connectivity index (χ1n) is 5.23. The molecule has 3 nitrogen and oxygen atoms in total. The van der Waals surface area contributed by atoms with Crippen molar-refractivity contribution in [3.05, 3.63) is 39.9 Å². The largest absolute Gasteiger partial charge is 0.356 e. The van der Waals surface area contributed by atoms with Crippen LogP contribution in [-0.2, 0) is 6.54 Å². The number of aromatic nitrogens is 2. The standard InChI is InChI=1S/C12H15N3S/c1-8-4-10(3)11(5-9(8)2)6-13-12-15-14-7-16-12/h4-5,7H,6H2,1-3H3,(H,13,15). The molecule has 2 aromatic rings. The lowest BCUT2D eigenvalue weighted by Crippen LogP contribution is -2.02. The van der Waals surface area contributed by atoms with Crippen LogP contribution in [0.3, 0.4) is 0 Å². The minimum atomic E-state index is 0.808. The Balaban J connectivity index is 2.12. The molecule has 4 heteroatoms. The molecule has 1 N–H and O–H groups in total. The van der Waals surface area contributed by atoms with Crippen molar-refractivity contribution < 1.29 is 0 Å². The Morgan fingerprint density at radius 3 is 2.56 bits per heavy atom. The molecule has 0 spiro atoms. The van der Waals surface area contributed by atoms with E-state index in [4.69, 9.17) is 0 Å². The molecule has 0 radical (unpaired) electrons. The highest BCUT2D eigenvalue weighted by molar-refractivity contribution is 7.13. The summed E-state index contributed by atoms with van der Waals surface area (Å²) in [4.78, 5) is 0.